The van der Waals surface area contributed by atoms with Crippen LogP contribution in [0.3, 0.4) is 0 Å². The van der Waals surface area contributed by atoms with Crippen molar-refractivity contribution >= 4 is 11.7 Å². The first-order chi connectivity index (χ1) is 8.56. The van der Waals surface area contributed by atoms with Crippen molar-refractivity contribution in [3.8, 4) is 0 Å². The third kappa shape index (κ3) is 3.01. The SMILES string of the molecule is Cc1ccc(C(=O)O)c(NCC2CCC(O)C2)c1. The van der Waals surface area contributed by atoms with Gasteiger partial charge in [-0.2, -0.15) is 0 Å². The summed E-state index contributed by atoms with van der Waals surface area (Å²) in [6, 6.07) is 5.28. The first-order valence-corrected chi connectivity index (χ1v) is 6.32. The molecule has 0 bridgehead atoms. The van der Waals surface area contributed by atoms with E-state index in [2.05, 4.69) is 5.32 Å². The summed E-state index contributed by atoms with van der Waals surface area (Å²) in [5.41, 5.74) is 2.01. The number of aryl methyl sites for hydroxylation is 1. The number of carbonyl (C=O) groups is 1. The number of hydrogen-bond donors (Lipinski definition) is 3. The molecule has 4 heteroatoms. The van der Waals surface area contributed by atoms with E-state index in [0.29, 0.717) is 17.2 Å². The predicted octanol–water partition coefficient (Wildman–Crippen LogP) is 2.27. The normalized spacial score (nSPS) is 23.0. The average Bonchev–Trinajstić information content (AvgIpc) is 2.72. The van der Waals surface area contributed by atoms with Crippen LogP contribution in [0, 0.1) is 12.8 Å². The fourth-order valence-corrected chi connectivity index (χ4v) is 2.48. The number of anilines is 1. The van der Waals surface area contributed by atoms with Crippen LogP contribution in [0.4, 0.5) is 5.69 Å². The molecule has 0 heterocycles. The van der Waals surface area contributed by atoms with Crippen LogP contribution < -0.4 is 5.32 Å². The number of benzene rings is 1. The Morgan fingerprint density at radius 1 is 1.44 bits per heavy atom. The van der Waals surface area contributed by atoms with Crippen LogP contribution in [0.25, 0.3) is 0 Å². The fourth-order valence-electron chi connectivity index (χ4n) is 2.48. The highest BCUT2D eigenvalue weighted by molar-refractivity contribution is 5.94. The van der Waals surface area contributed by atoms with Gasteiger partial charge in [0.15, 0.2) is 0 Å². The van der Waals surface area contributed by atoms with Crippen molar-refractivity contribution < 1.29 is 15.0 Å². The van der Waals surface area contributed by atoms with Crippen LogP contribution in [0.1, 0.15) is 35.2 Å². The molecule has 1 aromatic rings. The van der Waals surface area contributed by atoms with Gasteiger partial charge in [-0.25, -0.2) is 4.79 Å². The molecule has 1 aliphatic carbocycles. The lowest BCUT2D eigenvalue weighted by atomic mass is 10.1. The average molecular weight is 249 g/mol. The first-order valence-electron chi connectivity index (χ1n) is 6.32. The Bertz CT molecular complexity index is 445. The Morgan fingerprint density at radius 2 is 2.22 bits per heavy atom. The zero-order valence-electron chi connectivity index (χ0n) is 10.5. The third-order valence-corrected chi connectivity index (χ3v) is 3.50. The Morgan fingerprint density at radius 3 is 2.83 bits per heavy atom. The van der Waals surface area contributed by atoms with Gasteiger partial charge in [-0.05, 0) is 49.8 Å². The van der Waals surface area contributed by atoms with Gasteiger partial charge >= 0.3 is 5.97 Å². The molecule has 1 fully saturated rings. The van der Waals surface area contributed by atoms with Gasteiger partial charge < -0.3 is 15.5 Å². The molecule has 0 saturated heterocycles. The topological polar surface area (TPSA) is 69.6 Å². The monoisotopic (exact) mass is 249 g/mol. The lowest BCUT2D eigenvalue weighted by molar-refractivity contribution is 0.0698. The summed E-state index contributed by atoms with van der Waals surface area (Å²) in [5, 5.41) is 21.8. The highest BCUT2D eigenvalue weighted by atomic mass is 16.4. The van der Waals surface area contributed by atoms with Crippen molar-refractivity contribution in [1.29, 1.82) is 0 Å². The lowest BCUT2D eigenvalue weighted by Crippen LogP contribution is -2.15. The van der Waals surface area contributed by atoms with Crippen molar-refractivity contribution in [3.63, 3.8) is 0 Å². The quantitative estimate of drug-likeness (QED) is 0.765. The maximum absolute atomic E-state index is 11.1. The number of aromatic carboxylic acids is 1. The fraction of sp³-hybridized carbons (Fsp3) is 0.500. The molecule has 0 radical (unpaired) electrons. The number of hydrogen-bond acceptors (Lipinski definition) is 3. The Balaban J connectivity index is 2.04. The molecule has 0 aliphatic heterocycles. The highest BCUT2D eigenvalue weighted by Gasteiger charge is 2.22. The lowest BCUT2D eigenvalue weighted by Gasteiger charge is -2.14. The summed E-state index contributed by atoms with van der Waals surface area (Å²) < 4.78 is 0. The second-order valence-corrected chi connectivity index (χ2v) is 5.07. The number of aliphatic hydroxyl groups excluding tert-OH is 1. The highest BCUT2D eigenvalue weighted by Crippen LogP contribution is 2.26. The zero-order valence-corrected chi connectivity index (χ0v) is 10.5. The molecule has 4 nitrogen and oxygen atoms in total. The number of nitrogens with one attached hydrogen (secondary N) is 1. The Hall–Kier alpha value is -1.55. The van der Waals surface area contributed by atoms with Crippen LogP contribution in [-0.4, -0.2) is 28.8 Å². The number of aliphatic hydroxyl groups is 1. The maximum atomic E-state index is 11.1. The zero-order chi connectivity index (χ0) is 13.1. The second kappa shape index (κ2) is 5.40. The van der Waals surface area contributed by atoms with Crippen molar-refractivity contribution in [3.05, 3.63) is 29.3 Å². The van der Waals surface area contributed by atoms with Gasteiger partial charge in [0, 0.05) is 12.2 Å². The van der Waals surface area contributed by atoms with Crippen molar-refractivity contribution in [2.45, 2.75) is 32.3 Å². The summed E-state index contributed by atoms with van der Waals surface area (Å²) in [5.74, 6) is -0.480. The second-order valence-electron chi connectivity index (χ2n) is 5.07. The molecule has 0 amide bonds. The van der Waals surface area contributed by atoms with Crippen LogP contribution in [0.5, 0.6) is 0 Å². The molecule has 3 N–H and O–H groups in total. The minimum atomic E-state index is -0.913. The van der Waals surface area contributed by atoms with Gasteiger partial charge in [0.05, 0.1) is 11.7 Å². The summed E-state index contributed by atoms with van der Waals surface area (Å²) in [6.07, 6.45) is 2.48. The van der Waals surface area contributed by atoms with E-state index in [4.69, 9.17) is 5.11 Å². The Kier molecular flexibility index (Phi) is 3.87. The predicted molar refractivity (Wildman–Crippen MR) is 70.0 cm³/mol. The molecule has 0 aromatic heterocycles. The molecular weight excluding hydrogens is 230 g/mol. The van der Waals surface area contributed by atoms with Gasteiger partial charge in [0.2, 0.25) is 0 Å². The molecule has 1 aromatic carbocycles. The molecule has 18 heavy (non-hydrogen) atoms. The van der Waals surface area contributed by atoms with Crippen LogP contribution >= 0.6 is 0 Å². The van der Waals surface area contributed by atoms with Crippen molar-refractivity contribution in [1.82, 2.24) is 0 Å². The number of rotatable bonds is 4. The van der Waals surface area contributed by atoms with E-state index in [1.54, 1.807) is 12.1 Å². The van der Waals surface area contributed by atoms with E-state index < -0.39 is 5.97 Å². The third-order valence-electron chi connectivity index (χ3n) is 3.50. The Labute approximate surface area is 107 Å². The molecule has 98 valence electrons. The molecule has 0 spiro atoms. The summed E-state index contributed by atoms with van der Waals surface area (Å²) in [7, 11) is 0. The van der Waals surface area contributed by atoms with E-state index in [1.807, 2.05) is 13.0 Å². The van der Waals surface area contributed by atoms with E-state index in [1.165, 1.54) is 0 Å². The number of carboxylic acid groups (broad SMARTS) is 1. The van der Waals surface area contributed by atoms with Crippen LogP contribution in [0.15, 0.2) is 18.2 Å². The molecule has 1 saturated carbocycles. The minimum absolute atomic E-state index is 0.187. The van der Waals surface area contributed by atoms with Crippen molar-refractivity contribution in [2.75, 3.05) is 11.9 Å². The van der Waals surface area contributed by atoms with Crippen LogP contribution in [0.2, 0.25) is 0 Å². The van der Waals surface area contributed by atoms with Gasteiger partial charge in [0.25, 0.3) is 0 Å². The minimum Gasteiger partial charge on any atom is -0.478 e. The molecule has 2 atom stereocenters. The van der Waals surface area contributed by atoms with E-state index in [9.17, 15) is 9.90 Å². The van der Waals surface area contributed by atoms with E-state index in [-0.39, 0.29) is 6.10 Å². The molecule has 1 aliphatic rings. The summed E-state index contributed by atoms with van der Waals surface area (Å²) in [6.45, 7) is 2.66. The van der Waals surface area contributed by atoms with E-state index >= 15 is 0 Å². The largest absolute Gasteiger partial charge is 0.478 e. The molecule has 2 rings (SSSR count). The van der Waals surface area contributed by atoms with Gasteiger partial charge in [-0.15, -0.1) is 0 Å². The molecule has 2 unspecified atom stereocenters. The summed E-state index contributed by atoms with van der Waals surface area (Å²) >= 11 is 0. The van der Waals surface area contributed by atoms with Crippen LogP contribution in [-0.2, 0) is 0 Å². The smallest absolute Gasteiger partial charge is 0.337 e. The first kappa shape index (κ1) is 12.9. The number of carboxylic acids is 1. The van der Waals surface area contributed by atoms with Gasteiger partial charge in [0.1, 0.15) is 0 Å². The van der Waals surface area contributed by atoms with Gasteiger partial charge in [-0.1, -0.05) is 6.07 Å². The van der Waals surface area contributed by atoms with E-state index in [0.717, 1.165) is 31.4 Å². The maximum Gasteiger partial charge on any atom is 0.337 e. The van der Waals surface area contributed by atoms with Gasteiger partial charge in [-0.3, -0.25) is 0 Å². The summed E-state index contributed by atoms with van der Waals surface area (Å²) in [4.78, 5) is 11.1. The standard InChI is InChI=1S/C14H19NO3/c1-9-2-5-12(14(17)18)13(6-9)15-8-10-3-4-11(16)7-10/h2,5-6,10-11,15-16H,3-4,7-8H2,1H3,(H,17,18). The van der Waals surface area contributed by atoms with Crippen molar-refractivity contribution in [2.24, 2.45) is 5.92 Å². The molecular formula is C14H19NO3.